The molecule has 0 atom stereocenters. The maximum atomic E-state index is 13.1. The fourth-order valence-corrected chi connectivity index (χ4v) is 3.33. The average molecular weight is 364 g/mol. The molecular weight excluding hydrogens is 350 g/mol. The minimum atomic E-state index is -0.994. The molecule has 1 N–H and O–H groups in total. The Morgan fingerprint density at radius 3 is 2.31 bits per heavy atom. The number of hydrogen-bond acceptors (Lipinski definition) is 2. The number of rotatable bonds is 3. The van der Waals surface area contributed by atoms with Gasteiger partial charge < -0.3 is 9.67 Å². The van der Waals surface area contributed by atoms with Gasteiger partial charge in [0.15, 0.2) is 0 Å². The maximum absolute atomic E-state index is 13.1. The lowest BCUT2D eigenvalue weighted by Crippen LogP contribution is -2.21. The van der Waals surface area contributed by atoms with Gasteiger partial charge in [-0.05, 0) is 47.3 Å². The van der Waals surface area contributed by atoms with Crippen LogP contribution in [-0.4, -0.2) is 15.6 Å². The van der Waals surface area contributed by atoms with E-state index in [0.717, 1.165) is 16.3 Å². The SMILES string of the molecule is O=C(O)c1ccc2c(c1)c1ccccc1c(=O)n2Cc1ccc(Cl)cc1. The number of carboxylic acid groups (broad SMARTS) is 1. The monoisotopic (exact) mass is 363 g/mol. The van der Waals surface area contributed by atoms with Gasteiger partial charge in [0.25, 0.3) is 5.56 Å². The summed E-state index contributed by atoms with van der Waals surface area (Å²) in [5, 5.41) is 12.0. The third kappa shape index (κ3) is 2.74. The molecule has 128 valence electrons. The summed E-state index contributed by atoms with van der Waals surface area (Å²) in [6, 6.07) is 19.4. The Labute approximate surface area is 153 Å². The highest BCUT2D eigenvalue weighted by atomic mass is 35.5. The van der Waals surface area contributed by atoms with E-state index in [1.54, 1.807) is 34.9 Å². The second kappa shape index (κ2) is 6.32. The van der Waals surface area contributed by atoms with Gasteiger partial charge in [0.2, 0.25) is 0 Å². The highest BCUT2D eigenvalue weighted by Gasteiger charge is 2.13. The summed E-state index contributed by atoms with van der Waals surface area (Å²) >= 11 is 5.94. The van der Waals surface area contributed by atoms with Gasteiger partial charge in [-0.25, -0.2) is 4.79 Å². The van der Waals surface area contributed by atoms with E-state index in [2.05, 4.69) is 0 Å². The van der Waals surface area contributed by atoms with Crippen LogP contribution in [0.2, 0.25) is 5.02 Å². The largest absolute Gasteiger partial charge is 0.478 e. The molecule has 1 heterocycles. The van der Waals surface area contributed by atoms with Crippen LogP contribution in [0.4, 0.5) is 0 Å². The molecule has 0 saturated heterocycles. The first kappa shape index (κ1) is 16.4. The molecule has 0 aliphatic carbocycles. The lowest BCUT2D eigenvalue weighted by molar-refractivity contribution is 0.0697. The smallest absolute Gasteiger partial charge is 0.335 e. The van der Waals surface area contributed by atoms with Crippen molar-refractivity contribution in [2.45, 2.75) is 6.54 Å². The number of halogens is 1. The van der Waals surface area contributed by atoms with Gasteiger partial charge in [0, 0.05) is 15.8 Å². The van der Waals surface area contributed by atoms with Gasteiger partial charge in [0.1, 0.15) is 0 Å². The van der Waals surface area contributed by atoms with Crippen LogP contribution in [0.1, 0.15) is 15.9 Å². The summed E-state index contributed by atoms with van der Waals surface area (Å²) in [4.78, 5) is 24.4. The number of fused-ring (bicyclic) bond motifs is 3. The first-order valence-electron chi connectivity index (χ1n) is 8.07. The summed E-state index contributed by atoms with van der Waals surface area (Å²) in [5.74, 6) is -0.994. The fraction of sp³-hybridized carbons (Fsp3) is 0.0476. The molecule has 3 aromatic carbocycles. The molecule has 0 aliphatic heterocycles. The molecular formula is C21H14ClNO3. The second-order valence-electron chi connectivity index (χ2n) is 6.10. The molecule has 0 fully saturated rings. The third-order valence-electron chi connectivity index (χ3n) is 4.48. The lowest BCUT2D eigenvalue weighted by atomic mass is 10.0. The van der Waals surface area contributed by atoms with Gasteiger partial charge in [0.05, 0.1) is 17.6 Å². The van der Waals surface area contributed by atoms with E-state index in [9.17, 15) is 14.7 Å². The zero-order valence-corrected chi connectivity index (χ0v) is 14.4. The first-order chi connectivity index (χ1) is 12.5. The van der Waals surface area contributed by atoms with Gasteiger partial charge in [-0.2, -0.15) is 0 Å². The predicted molar refractivity (Wildman–Crippen MR) is 103 cm³/mol. The van der Waals surface area contributed by atoms with E-state index in [-0.39, 0.29) is 11.1 Å². The summed E-state index contributed by atoms with van der Waals surface area (Å²) in [6.07, 6.45) is 0. The van der Waals surface area contributed by atoms with E-state index in [1.807, 2.05) is 30.3 Å². The molecule has 0 radical (unpaired) electrons. The molecule has 0 amide bonds. The number of nitrogens with zero attached hydrogens (tertiary/aromatic N) is 1. The molecule has 0 aliphatic rings. The summed E-state index contributed by atoms with van der Waals surface area (Å²) < 4.78 is 1.67. The van der Waals surface area contributed by atoms with Crippen molar-refractivity contribution in [2.24, 2.45) is 0 Å². The minimum absolute atomic E-state index is 0.105. The number of hydrogen-bond donors (Lipinski definition) is 1. The Bertz CT molecular complexity index is 1210. The molecule has 0 bridgehead atoms. The van der Waals surface area contributed by atoms with Gasteiger partial charge in [-0.1, -0.05) is 41.9 Å². The van der Waals surface area contributed by atoms with Gasteiger partial charge in [-0.3, -0.25) is 4.79 Å². The molecule has 1 aromatic heterocycles. The zero-order valence-electron chi connectivity index (χ0n) is 13.6. The number of carboxylic acids is 1. The summed E-state index contributed by atoms with van der Waals surface area (Å²) in [7, 11) is 0. The third-order valence-corrected chi connectivity index (χ3v) is 4.73. The Morgan fingerprint density at radius 2 is 1.62 bits per heavy atom. The normalized spacial score (nSPS) is 11.1. The van der Waals surface area contributed by atoms with Crippen LogP contribution < -0.4 is 5.56 Å². The fourth-order valence-electron chi connectivity index (χ4n) is 3.21. The predicted octanol–water partition coefficient (Wildman–Crippen LogP) is 4.55. The molecule has 0 unspecified atom stereocenters. The van der Waals surface area contributed by atoms with E-state index in [0.29, 0.717) is 22.5 Å². The lowest BCUT2D eigenvalue weighted by Gasteiger charge is -2.14. The molecule has 26 heavy (non-hydrogen) atoms. The Balaban J connectivity index is 2.04. The second-order valence-corrected chi connectivity index (χ2v) is 6.54. The first-order valence-corrected chi connectivity index (χ1v) is 8.45. The number of pyridine rings is 1. The van der Waals surface area contributed by atoms with Crippen molar-refractivity contribution in [3.63, 3.8) is 0 Å². The Morgan fingerprint density at radius 1 is 0.923 bits per heavy atom. The van der Waals surface area contributed by atoms with E-state index < -0.39 is 5.97 Å². The van der Waals surface area contributed by atoms with Gasteiger partial charge >= 0.3 is 5.97 Å². The van der Waals surface area contributed by atoms with Crippen molar-refractivity contribution in [3.8, 4) is 0 Å². The quantitative estimate of drug-likeness (QED) is 0.543. The number of aromatic nitrogens is 1. The minimum Gasteiger partial charge on any atom is -0.478 e. The molecule has 5 heteroatoms. The van der Waals surface area contributed by atoms with Crippen molar-refractivity contribution < 1.29 is 9.90 Å². The van der Waals surface area contributed by atoms with Crippen LogP contribution in [0.25, 0.3) is 21.7 Å². The van der Waals surface area contributed by atoms with Crippen molar-refractivity contribution in [1.82, 2.24) is 4.57 Å². The van der Waals surface area contributed by atoms with E-state index >= 15 is 0 Å². The molecule has 4 rings (SSSR count). The Kier molecular flexibility index (Phi) is 3.98. The van der Waals surface area contributed by atoms with Crippen LogP contribution in [0.5, 0.6) is 0 Å². The van der Waals surface area contributed by atoms with Crippen LogP contribution in [0, 0.1) is 0 Å². The van der Waals surface area contributed by atoms with Crippen LogP contribution >= 0.6 is 11.6 Å². The maximum Gasteiger partial charge on any atom is 0.335 e. The van der Waals surface area contributed by atoms with E-state index in [4.69, 9.17) is 11.6 Å². The highest BCUT2D eigenvalue weighted by Crippen LogP contribution is 2.25. The summed E-state index contributed by atoms with van der Waals surface area (Å²) in [5.41, 5.74) is 1.73. The highest BCUT2D eigenvalue weighted by molar-refractivity contribution is 6.30. The number of carbonyl (C=O) groups is 1. The van der Waals surface area contributed by atoms with Crippen LogP contribution in [-0.2, 0) is 6.54 Å². The van der Waals surface area contributed by atoms with Crippen LogP contribution in [0.3, 0.4) is 0 Å². The molecule has 4 nitrogen and oxygen atoms in total. The molecule has 0 saturated carbocycles. The van der Waals surface area contributed by atoms with Crippen LogP contribution in [0.15, 0.2) is 71.5 Å². The standard InChI is InChI=1S/C21H14ClNO3/c22-15-8-5-13(6-9-15)12-23-19-10-7-14(21(25)26)11-18(19)16-3-1-2-4-17(16)20(23)24/h1-11H,12H2,(H,25,26). The Hall–Kier alpha value is -3.11. The van der Waals surface area contributed by atoms with Crippen molar-refractivity contribution in [3.05, 3.63) is 93.2 Å². The summed E-state index contributed by atoms with van der Waals surface area (Å²) in [6.45, 7) is 0.379. The molecule has 0 spiro atoms. The zero-order chi connectivity index (χ0) is 18.3. The molecule has 4 aromatic rings. The number of benzene rings is 3. The topological polar surface area (TPSA) is 59.3 Å². The van der Waals surface area contributed by atoms with E-state index in [1.165, 1.54) is 6.07 Å². The van der Waals surface area contributed by atoms with Crippen molar-refractivity contribution >= 4 is 39.2 Å². The average Bonchev–Trinajstić information content (AvgIpc) is 2.66. The van der Waals surface area contributed by atoms with Crippen molar-refractivity contribution in [1.29, 1.82) is 0 Å². The van der Waals surface area contributed by atoms with Gasteiger partial charge in [-0.15, -0.1) is 0 Å². The number of aromatic carboxylic acids is 1. The van der Waals surface area contributed by atoms with Crippen molar-refractivity contribution in [2.75, 3.05) is 0 Å².